The maximum atomic E-state index is 4.31. The highest BCUT2D eigenvalue weighted by molar-refractivity contribution is 5.34. The highest BCUT2D eigenvalue weighted by atomic mass is 15.1. The fourth-order valence-corrected chi connectivity index (χ4v) is 2.83. The summed E-state index contributed by atoms with van der Waals surface area (Å²) in [5, 5.41) is 7.18. The molecule has 3 rings (SSSR count). The minimum absolute atomic E-state index is 0.610. The fraction of sp³-hybridized carbons (Fsp3) is 0.583. The summed E-state index contributed by atoms with van der Waals surface area (Å²) in [4.78, 5) is 4.31. The maximum Gasteiger partial charge on any atom is 0.126 e. The van der Waals surface area contributed by atoms with Gasteiger partial charge in [-0.25, -0.2) is 4.98 Å². The average Bonchev–Trinajstić information content (AvgIpc) is 2.60. The molecular formula is C12H17N3. The predicted octanol–water partition coefficient (Wildman–Crippen LogP) is 1.78. The lowest BCUT2D eigenvalue weighted by Gasteiger charge is -2.29. The lowest BCUT2D eigenvalue weighted by molar-refractivity contribution is 0.377. The van der Waals surface area contributed by atoms with E-state index in [1.54, 1.807) is 0 Å². The smallest absolute Gasteiger partial charge is 0.126 e. The van der Waals surface area contributed by atoms with E-state index in [0.29, 0.717) is 6.04 Å². The number of nitrogens with zero attached hydrogens (tertiary/aromatic N) is 1. The molecule has 2 atom stereocenters. The predicted molar refractivity (Wildman–Crippen MR) is 60.8 cm³/mol. The van der Waals surface area contributed by atoms with Gasteiger partial charge in [-0.05, 0) is 37.8 Å². The highest BCUT2D eigenvalue weighted by Gasteiger charge is 2.33. The van der Waals surface area contributed by atoms with E-state index in [4.69, 9.17) is 0 Å². The van der Waals surface area contributed by atoms with Crippen molar-refractivity contribution < 1.29 is 0 Å². The van der Waals surface area contributed by atoms with Crippen LogP contribution in [0.5, 0.6) is 0 Å². The van der Waals surface area contributed by atoms with Gasteiger partial charge in [-0.15, -0.1) is 0 Å². The first-order valence-electron chi connectivity index (χ1n) is 5.84. The van der Waals surface area contributed by atoms with E-state index < -0.39 is 0 Å². The SMILES string of the molecule is c1ccc(NC2CC3CCC(C2)N3)nc1. The Morgan fingerprint density at radius 3 is 2.67 bits per heavy atom. The summed E-state index contributed by atoms with van der Waals surface area (Å²) in [7, 11) is 0. The summed E-state index contributed by atoms with van der Waals surface area (Å²) >= 11 is 0. The van der Waals surface area contributed by atoms with Gasteiger partial charge >= 0.3 is 0 Å². The second-order valence-corrected chi connectivity index (χ2v) is 4.67. The van der Waals surface area contributed by atoms with Crippen molar-refractivity contribution in [2.24, 2.45) is 0 Å². The Morgan fingerprint density at radius 1 is 1.20 bits per heavy atom. The summed E-state index contributed by atoms with van der Waals surface area (Å²) in [5.74, 6) is 1.02. The third kappa shape index (κ3) is 1.97. The van der Waals surface area contributed by atoms with Gasteiger partial charge in [0.15, 0.2) is 0 Å². The van der Waals surface area contributed by atoms with Crippen molar-refractivity contribution in [3.05, 3.63) is 24.4 Å². The monoisotopic (exact) mass is 203 g/mol. The van der Waals surface area contributed by atoms with Crippen molar-refractivity contribution in [2.45, 2.75) is 43.8 Å². The zero-order valence-electron chi connectivity index (χ0n) is 8.82. The first kappa shape index (κ1) is 9.16. The molecule has 2 fully saturated rings. The Kier molecular flexibility index (Phi) is 2.33. The van der Waals surface area contributed by atoms with E-state index in [-0.39, 0.29) is 0 Å². The van der Waals surface area contributed by atoms with E-state index in [2.05, 4.69) is 15.6 Å². The highest BCUT2D eigenvalue weighted by Crippen LogP contribution is 2.28. The van der Waals surface area contributed by atoms with Crippen molar-refractivity contribution >= 4 is 5.82 Å². The lowest BCUT2D eigenvalue weighted by atomic mass is 10.00. The van der Waals surface area contributed by atoms with Crippen LogP contribution in [0.3, 0.4) is 0 Å². The summed E-state index contributed by atoms with van der Waals surface area (Å²) in [6, 6.07) is 8.13. The molecule has 2 aliphatic rings. The van der Waals surface area contributed by atoms with Gasteiger partial charge in [-0.2, -0.15) is 0 Å². The van der Waals surface area contributed by atoms with Crippen LogP contribution in [-0.4, -0.2) is 23.1 Å². The van der Waals surface area contributed by atoms with Crippen molar-refractivity contribution in [3.8, 4) is 0 Å². The molecule has 2 saturated heterocycles. The largest absolute Gasteiger partial charge is 0.367 e. The Morgan fingerprint density at radius 2 is 2.00 bits per heavy atom. The number of hydrogen-bond acceptors (Lipinski definition) is 3. The van der Waals surface area contributed by atoms with E-state index in [9.17, 15) is 0 Å². The first-order valence-corrected chi connectivity index (χ1v) is 5.84. The van der Waals surface area contributed by atoms with Gasteiger partial charge in [-0.3, -0.25) is 0 Å². The molecule has 1 aromatic heterocycles. The molecule has 3 nitrogen and oxygen atoms in total. The lowest BCUT2D eigenvalue weighted by Crippen LogP contribution is -2.43. The second-order valence-electron chi connectivity index (χ2n) is 4.67. The van der Waals surface area contributed by atoms with Crippen LogP contribution < -0.4 is 10.6 Å². The fourth-order valence-electron chi connectivity index (χ4n) is 2.83. The van der Waals surface area contributed by atoms with Crippen LogP contribution >= 0.6 is 0 Å². The maximum absolute atomic E-state index is 4.31. The minimum Gasteiger partial charge on any atom is -0.367 e. The van der Waals surface area contributed by atoms with Gasteiger partial charge in [0.25, 0.3) is 0 Å². The molecule has 80 valence electrons. The van der Waals surface area contributed by atoms with Crippen molar-refractivity contribution in [1.82, 2.24) is 10.3 Å². The summed E-state index contributed by atoms with van der Waals surface area (Å²) in [6.45, 7) is 0. The standard InChI is InChI=1S/C12H17N3/c1-2-6-13-12(3-1)15-11-7-9-4-5-10(8-11)14-9/h1-3,6,9-11,14H,4-5,7-8H2,(H,13,15). The molecule has 3 heteroatoms. The van der Waals surface area contributed by atoms with E-state index in [1.807, 2.05) is 24.4 Å². The Hall–Kier alpha value is -1.09. The van der Waals surface area contributed by atoms with E-state index >= 15 is 0 Å². The first-order chi connectivity index (χ1) is 7.40. The van der Waals surface area contributed by atoms with Gasteiger partial charge in [0.2, 0.25) is 0 Å². The Bertz CT molecular complexity index is 313. The molecule has 0 saturated carbocycles. The van der Waals surface area contributed by atoms with Crippen LogP contribution in [0.15, 0.2) is 24.4 Å². The van der Waals surface area contributed by atoms with Crippen LogP contribution in [0.4, 0.5) is 5.82 Å². The molecular weight excluding hydrogens is 186 g/mol. The number of rotatable bonds is 2. The average molecular weight is 203 g/mol. The van der Waals surface area contributed by atoms with Crippen molar-refractivity contribution in [2.75, 3.05) is 5.32 Å². The van der Waals surface area contributed by atoms with Crippen LogP contribution in [0.1, 0.15) is 25.7 Å². The quantitative estimate of drug-likeness (QED) is 0.769. The molecule has 15 heavy (non-hydrogen) atoms. The number of fused-ring (bicyclic) bond motifs is 2. The number of pyridine rings is 1. The third-order valence-corrected chi connectivity index (χ3v) is 3.49. The second kappa shape index (κ2) is 3.81. The van der Waals surface area contributed by atoms with Gasteiger partial charge < -0.3 is 10.6 Å². The normalized spacial score (nSPS) is 34.0. The van der Waals surface area contributed by atoms with Gasteiger partial charge in [0.05, 0.1) is 0 Å². The minimum atomic E-state index is 0.610. The zero-order chi connectivity index (χ0) is 10.1. The molecule has 3 heterocycles. The summed E-state index contributed by atoms with van der Waals surface area (Å²) < 4.78 is 0. The summed E-state index contributed by atoms with van der Waals surface area (Å²) in [6.07, 6.45) is 7.04. The van der Waals surface area contributed by atoms with Gasteiger partial charge in [0, 0.05) is 24.3 Å². The molecule has 2 aliphatic heterocycles. The van der Waals surface area contributed by atoms with Crippen LogP contribution in [0.25, 0.3) is 0 Å². The molecule has 0 aliphatic carbocycles. The molecule has 2 bridgehead atoms. The third-order valence-electron chi connectivity index (χ3n) is 3.49. The Balaban J connectivity index is 1.65. The molecule has 0 radical (unpaired) electrons. The van der Waals surface area contributed by atoms with Crippen molar-refractivity contribution in [1.29, 1.82) is 0 Å². The van der Waals surface area contributed by atoms with Crippen LogP contribution in [0.2, 0.25) is 0 Å². The van der Waals surface area contributed by atoms with Gasteiger partial charge in [-0.1, -0.05) is 6.07 Å². The van der Waals surface area contributed by atoms with E-state index in [1.165, 1.54) is 25.7 Å². The van der Waals surface area contributed by atoms with Crippen LogP contribution in [0, 0.1) is 0 Å². The summed E-state index contributed by atoms with van der Waals surface area (Å²) in [5.41, 5.74) is 0. The number of hydrogen-bond donors (Lipinski definition) is 2. The molecule has 0 aromatic carbocycles. The zero-order valence-corrected chi connectivity index (χ0v) is 8.82. The van der Waals surface area contributed by atoms with Gasteiger partial charge in [0.1, 0.15) is 5.82 Å². The number of nitrogens with one attached hydrogen (secondary N) is 2. The topological polar surface area (TPSA) is 37.0 Å². The van der Waals surface area contributed by atoms with Crippen molar-refractivity contribution in [3.63, 3.8) is 0 Å². The molecule has 2 unspecified atom stereocenters. The molecule has 0 spiro atoms. The number of aromatic nitrogens is 1. The molecule has 2 N–H and O–H groups in total. The Labute approximate surface area is 90.3 Å². The number of piperidine rings is 1. The number of anilines is 1. The van der Waals surface area contributed by atoms with Crippen LogP contribution in [-0.2, 0) is 0 Å². The molecule has 0 amide bonds. The van der Waals surface area contributed by atoms with E-state index in [0.717, 1.165) is 17.9 Å². The molecule has 1 aromatic rings.